The molecule has 3 aromatic rings. The highest BCUT2D eigenvalue weighted by atomic mass is 35.5. The first kappa shape index (κ1) is 17.4. The second-order valence-electron chi connectivity index (χ2n) is 5.69. The number of halogens is 1. The summed E-state index contributed by atoms with van der Waals surface area (Å²) in [5.41, 5.74) is 1.59. The molecule has 0 bridgehead atoms. The number of aromatic amines is 1. The molecule has 0 radical (unpaired) electrons. The molecule has 8 nitrogen and oxygen atoms in total. The molecule has 0 saturated carbocycles. The van der Waals surface area contributed by atoms with Crippen LogP contribution in [0.5, 0.6) is 0 Å². The van der Waals surface area contributed by atoms with Crippen LogP contribution in [0.2, 0.25) is 5.02 Å². The van der Waals surface area contributed by atoms with E-state index >= 15 is 0 Å². The zero-order valence-electron chi connectivity index (χ0n) is 14.0. The molecule has 132 valence electrons. The normalized spacial score (nSPS) is 12.4. The molecule has 25 heavy (non-hydrogen) atoms. The lowest BCUT2D eigenvalue weighted by Gasteiger charge is -2.14. The average molecular weight is 363 g/mol. The van der Waals surface area contributed by atoms with Crippen LogP contribution in [0.4, 0.5) is 0 Å². The standard InChI is InChI=1S/C16H19ClN6O2/c1-10(16-22-18-9-23(16)5-6-25-2)19-15(24)8-14-20-12-4-3-11(17)7-13(12)21-14/h3-4,7,9-10H,5-6,8H2,1-2H3,(H,19,24)(H,20,21). The Bertz CT molecular complexity index is 875. The van der Waals surface area contributed by atoms with Gasteiger partial charge in [-0.05, 0) is 25.1 Å². The second-order valence-corrected chi connectivity index (χ2v) is 6.12. The molecule has 1 amide bonds. The summed E-state index contributed by atoms with van der Waals surface area (Å²) < 4.78 is 6.92. The third-order valence-electron chi connectivity index (χ3n) is 3.77. The summed E-state index contributed by atoms with van der Waals surface area (Å²) in [5.74, 6) is 1.11. The third-order valence-corrected chi connectivity index (χ3v) is 4.00. The largest absolute Gasteiger partial charge is 0.383 e. The zero-order chi connectivity index (χ0) is 17.8. The van der Waals surface area contributed by atoms with E-state index in [0.717, 1.165) is 11.0 Å². The van der Waals surface area contributed by atoms with Crippen LogP contribution >= 0.6 is 11.6 Å². The molecule has 2 N–H and O–H groups in total. The molecule has 2 heterocycles. The van der Waals surface area contributed by atoms with Crippen LogP contribution in [-0.4, -0.2) is 44.4 Å². The smallest absolute Gasteiger partial charge is 0.228 e. The summed E-state index contributed by atoms with van der Waals surface area (Å²) in [5, 5.41) is 11.5. The molecule has 3 rings (SSSR count). The maximum Gasteiger partial charge on any atom is 0.228 e. The molecular weight excluding hydrogens is 344 g/mol. The van der Waals surface area contributed by atoms with E-state index < -0.39 is 0 Å². The topological polar surface area (TPSA) is 97.7 Å². The monoisotopic (exact) mass is 362 g/mol. The van der Waals surface area contributed by atoms with Gasteiger partial charge in [0.25, 0.3) is 0 Å². The molecule has 1 atom stereocenters. The molecule has 0 fully saturated rings. The van der Waals surface area contributed by atoms with Crippen molar-refractivity contribution in [2.24, 2.45) is 0 Å². The number of rotatable bonds is 7. The Balaban J connectivity index is 1.64. The van der Waals surface area contributed by atoms with Crippen LogP contribution in [0.3, 0.4) is 0 Å². The number of hydrogen-bond acceptors (Lipinski definition) is 5. The number of carbonyl (C=O) groups is 1. The van der Waals surface area contributed by atoms with Gasteiger partial charge >= 0.3 is 0 Å². The van der Waals surface area contributed by atoms with E-state index in [0.29, 0.717) is 29.8 Å². The number of imidazole rings is 1. The number of benzene rings is 1. The quantitative estimate of drug-likeness (QED) is 0.668. The zero-order valence-corrected chi connectivity index (χ0v) is 14.7. The van der Waals surface area contributed by atoms with Crippen LogP contribution in [-0.2, 0) is 22.5 Å². The lowest BCUT2D eigenvalue weighted by Crippen LogP contribution is -2.30. The van der Waals surface area contributed by atoms with Crippen LogP contribution < -0.4 is 5.32 Å². The first-order valence-corrected chi connectivity index (χ1v) is 8.24. The van der Waals surface area contributed by atoms with Crippen molar-refractivity contribution in [3.05, 3.63) is 41.2 Å². The fraction of sp³-hybridized carbons (Fsp3) is 0.375. The van der Waals surface area contributed by atoms with Crippen LogP contribution in [0.1, 0.15) is 24.6 Å². The second kappa shape index (κ2) is 7.62. The lowest BCUT2D eigenvalue weighted by atomic mass is 10.3. The third kappa shape index (κ3) is 4.15. The Hall–Kier alpha value is -2.45. The van der Waals surface area contributed by atoms with Gasteiger partial charge in [0.05, 0.1) is 30.1 Å². The van der Waals surface area contributed by atoms with Crippen LogP contribution in [0.25, 0.3) is 11.0 Å². The minimum Gasteiger partial charge on any atom is -0.383 e. The van der Waals surface area contributed by atoms with Gasteiger partial charge in [-0.3, -0.25) is 4.79 Å². The predicted octanol–water partition coefficient (Wildman–Crippen LogP) is 1.87. The number of ether oxygens (including phenoxy) is 1. The number of carbonyl (C=O) groups excluding carboxylic acids is 1. The highest BCUT2D eigenvalue weighted by Crippen LogP contribution is 2.17. The Labute approximate surface area is 149 Å². The summed E-state index contributed by atoms with van der Waals surface area (Å²) in [6.07, 6.45) is 1.77. The van der Waals surface area contributed by atoms with E-state index in [-0.39, 0.29) is 18.4 Å². The summed E-state index contributed by atoms with van der Waals surface area (Å²) in [4.78, 5) is 19.8. The highest BCUT2D eigenvalue weighted by molar-refractivity contribution is 6.31. The summed E-state index contributed by atoms with van der Waals surface area (Å²) in [6.45, 7) is 3.04. The number of aromatic nitrogens is 5. The number of nitrogens with zero attached hydrogens (tertiary/aromatic N) is 4. The SMILES string of the molecule is COCCn1cnnc1C(C)NC(=O)Cc1nc2ccc(Cl)cc2[nH]1. The summed E-state index contributed by atoms with van der Waals surface area (Å²) in [6, 6.07) is 5.09. The first-order chi connectivity index (χ1) is 12.1. The maximum absolute atomic E-state index is 12.3. The highest BCUT2D eigenvalue weighted by Gasteiger charge is 2.17. The van der Waals surface area contributed by atoms with Crippen molar-refractivity contribution in [1.82, 2.24) is 30.0 Å². The van der Waals surface area contributed by atoms with E-state index in [1.807, 2.05) is 17.6 Å². The van der Waals surface area contributed by atoms with Crippen molar-refractivity contribution in [2.45, 2.75) is 25.9 Å². The number of amides is 1. The lowest BCUT2D eigenvalue weighted by molar-refractivity contribution is -0.121. The van der Waals surface area contributed by atoms with Crippen molar-refractivity contribution in [3.63, 3.8) is 0 Å². The molecular formula is C16H19ClN6O2. The van der Waals surface area contributed by atoms with Gasteiger partial charge in [0.2, 0.25) is 5.91 Å². The molecule has 2 aromatic heterocycles. The van der Waals surface area contributed by atoms with Crippen molar-refractivity contribution < 1.29 is 9.53 Å². The molecule has 0 aliphatic rings. The van der Waals surface area contributed by atoms with Crippen molar-refractivity contribution in [3.8, 4) is 0 Å². The Morgan fingerprint density at radius 1 is 1.48 bits per heavy atom. The van der Waals surface area contributed by atoms with E-state index in [2.05, 4.69) is 25.5 Å². The fourth-order valence-corrected chi connectivity index (χ4v) is 2.76. The number of methoxy groups -OCH3 is 1. The van der Waals surface area contributed by atoms with Gasteiger partial charge in [0.15, 0.2) is 5.82 Å². The maximum atomic E-state index is 12.3. The first-order valence-electron chi connectivity index (χ1n) is 7.87. The minimum atomic E-state index is -0.273. The Kier molecular flexibility index (Phi) is 5.30. The van der Waals surface area contributed by atoms with E-state index in [4.69, 9.17) is 16.3 Å². The summed E-state index contributed by atoms with van der Waals surface area (Å²) >= 11 is 5.96. The van der Waals surface area contributed by atoms with Gasteiger partial charge in [-0.2, -0.15) is 0 Å². The van der Waals surface area contributed by atoms with Gasteiger partial charge in [-0.25, -0.2) is 4.98 Å². The van der Waals surface area contributed by atoms with E-state index in [9.17, 15) is 4.79 Å². The number of hydrogen-bond donors (Lipinski definition) is 2. The van der Waals surface area contributed by atoms with Crippen molar-refractivity contribution in [2.75, 3.05) is 13.7 Å². The van der Waals surface area contributed by atoms with E-state index in [1.165, 1.54) is 0 Å². The van der Waals surface area contributed by atoms with Gasteiger partial charge in [0, 0.05) is 18.7 Å². The molecule has 0 spiro atoms. The van der Waals surface area contributed by atoms with Gasteiger partial charge < -0.3 is 19.6 Å². The molecule has 1 unspecified atom stereocenters. The Morgan fingerprint density at radius 2 is 2.32 bits per heavy atom. The van der Waals surface area contributed by atoms with Crippen LogP contribution in [0.15, 0.2) is 24.5 Å². The fourth-order valence-electron chi connectivity index (χ4n) is 2.59. The number of H-pyrrole nitrogens is 1. The summed E-state index contributed by atoms with van der Waals surface area (Å²) in [7, 11) is 1.63. The van der Waals surface area contributed by atoms with Crippen molar-refractivity contribution in [1.29, 1.82) is 0 Å². The Morgan fingerprint density at radius 3 is 3.12 bits per heavy atom. The number of nitrogens with one attached hydrogen (secondary N) is 2. The van der Waals surface area contributed by atoms with Gasteiger partial charge in [-0.1, -0.05) is 11.6 Å². The van der Waals surface area contributed by atoms with Crippen molar-refractivity contribution >= 4 is 28.5 Å². The predicted molar refractivity (Wildman–Crippen MR) is 93.3 cm³/mol. The molecule has 0 aliphatic heterocycles. The van der Waals surface area contributed by atoms with Crippen LogP contribution in [0, 0.1) is 0 Å². The molecule has 9 heteroatoms. The van der Waals surface area contributed by atoms with Gasteiger partial charge in [-0.15, -0.1) is 10.2 Å². The number of fused-ring (bicyclic) bond motifs is 1. The minimum absolute atomic E-state index is 0.142. The molecule has 0 aliphatic carbocycles. The average Bonchev–Trinajstić information content (AvgIpc) is 3.18. The van der Waals surface area contributed by atoms with Gasteiger partial charge in [0.1, 0.15) is 12.2 Å². The molecule has 0 saturated heterocycles. The van der Waals surface area contributed by atoms with E-state index in [1.54, 1.807) is 25.6 Å². The molecule has 1 aromatic carbocycles.